The van der Waals surface area contributed by atoms with E-state index in [1.54, 1.807) is 34.5 Å². The Morgan fingerprint density at radius 2 is 1.53 bits per heavy atom. The highest BCUT2D eigenvalue weighted by Crippen LogP contribution is 2.45. The number of nitrogens with zero attached hydrogens (tertiary/aromatic N) is 4. The molecule has 6 heterocycles. The molecule has 55 heavy (non-hydrogen) atoms. The number of aromatic nitrogens is 4. The monoisotopic (exact) mass is 777 g/mol. The summed E-state index contributed by atoms with van der Waals surface area (Å²) in [5.74, 6) is 1.66. The van der Waals surface area contributed by atoms with Gasteiger partial charge in [-0.2, -0.15) is 0 Å². The molecule has 284 valence electrons. The molecule has 12 nitrogen and oxygen atoms in total. The van der Waals surface area contributed by atoms with Gasteiger partial charge in [-0.1, -0.05) is 50.8 Å². The molecule has 0 bridgehead atoms. The Labute approximate surface area is 326 Å². The van der Waals surface area contributed by atoms with E-state index in [2.05, 4.69) is 74.0 Å². The number of aromatic amines is 2. The molecule has 6 aromatic rings. The average Bonchev–Trinajstić information content (AvgIpc) is 4.02. The number of allylic oxidation sites excluding steroid dienone is 1. The summed E-state index contributed by atoms with van der Waals surface area (Å²) in [6.45, 7) is 10.4. The fourth-order valence-electron chi connectivity index (χ4n) is 7.73. The van der Waals surface area contributed by atoms with Gasteiger partial charge in [-0.05, 0) is 67.3 Å². The number of ether oxygens (including phenoxy) is 2. The Bertz CT molecular complexity index is 2410. The van der Waals surface area contributed by atoms with Gasteiger partial charge in [0.15, 0.2) is 0 Å². The van der Waals surface area contributed by atoms with E-state index in [1.165, 1.54) is 27.6 Å². The summed E-state index contributed by atoms with van der Waals surface area (Å²) in [7, 11) is 1.30. The minimum Gasteiger partial charge on any atom is -0.453 e. The molecule has 3 N–H and O–H groups in total. The number of carbonyl (C=O) groups is 3. The minimum atomic E-state index is -0.682. The van der Waals surface area contributed by atoms with Gasteiger partial charge in [0, 0.05) is 35.0 Å². The summed E-state index contributed by atoms with van der Waals surface area (Å²) in [5, 5.41) is 7.17. The third kappa shape index (κ3) is 7.00. The summed E-state index contributed by atoms with van der Waals surface area (Å²) in [5.41, 5.74) is 8.29. The Hall–Kier alpha value is -5.47. The zero-order valence-electron chi connectivity index (χ0n) is 31.2. The predicted octanol–water partition coefficient (Wildman–Crippen LogP) is 9.41. The second kappa shape index (κ2) is 15.0. The van der Waals surface area contributed by atoms with Crippen LogP contribution in [-0.2, 0) is 14.3 Å². The highest BCUT2D eigenvalue weighted by Gasteiger charge is 2.38. The van der Waals surface area contributed by atoms with E-state index in [0.29, 0.717) is 18.8 Å². The highest BCUT2D eigenvalue weighted by atomic mass is 32.1. The van der Waals surface area contributed by atoms with Crippen LogP contribution in [0, 0.1) is 5.92 Å². The lowest BCUT2D eigenvalue weighted by Crippen LogP contribution is -2.51. The van der Waals surface area contributed by atoms with E-state index in [-0.39, 0.29) is 30.0 Å². The van der Waals surface area contributed by atoms with Gasteiger partial charge < -0.3 is 29.7 Å². The standard InChI is InChI=1S/C41H43N7O5S2/c1-22(2)34(46-40(50)52-5)39(49)47-16-6-9-33(47)38-43-29-15-14-26(18-30(29)44-38)28-21-55-35-27(20-54-36(28)35)24-10-12-25(13-11-24)31-19-42-37(45-31)32-8-7-17-48(32)41(51)53-23(3)4/h10-15,18-22,32-34H,3,6-9,16-17H2,1-2,4-5H3,(H,42,45)(H,43,44)(H,46,50)/t32-,33-,34-/m0/s1. The number of amides is 3. The van der Waals surface area contributed by atoms with Crippen LogP contribution in [0.2, 0.25) is 0 Å². The van der Waals surface area contributed by atoms with Gasteiger partial charge in [0.2, 0.25) is 5.91 Å². The van der Waals surface area contributed by atoms with Crippen molar-refractivity contribution < 1.29 is 23.9 Å². The molecule has 3 amide bonds. The number of fused-ring (bicyclic) bond motifs is 2. The Morgan fingerprint density at radius 3 is 2.20 bits per heavy atom. The van der Waals surface area contributed by atoms with Crippen molar-refractivity contribution in [2.75, 3.05) is 20.2 Å². The number of methoxy groups -OCH3 is 1. The topological polar surface area (TPSA) is 146 Å². The van der Waals surface area contributed by atoms with Crippen LogP contribution in [0.15, 0.2) is 71.8 Å². The van der Waals surface area contributed by atoms with Crippen molar-refractivity contribution in [3.63, 3.8) is 0 Å². The molecule has 0 saturated carbocycles. The van der Waals surface area contributed by atoms with Crippen molar-refractivity contribution in [2.45, 2.75) is 64.6 Å². The minimum absolute atomic E-state index is 0.0991. The second-order valence-electron chi connectivity index (χ2n) is 14.5. The molecule has 2 aliphatic rings. The Morgan fingerprint density at radius 1 is 0.891 bits per heavy atom. The van der Waals surface area contributed by atoms with E-state index < -0.39 is 12.1 Å². The molecule has 2 fully saturated rings. The number of imidazole rings is 2. The number of carbonyl (C=O) groups excluding carboxylic acids is 3. The molecule has 0 aliphatic carbocycles. The first-order valence-electron chi connectivity index (χ1n) is 18.5. The first-order valence-corrected chi connectivity index (χ1v) is 20.3. The average molecular weight is 778 g/mol. The van der Waals surface area contributed by atoms with E-state index in [4.69, 9.17) is 14.5 Å². The van der Waals surface area contributed by atoms with Crippen LogP contribution in [0.3, 0.4) is 0 Å². The lowest BCUT2D eigenvalue weighted by molar-refractivity contribution is -0.135. The number of hydrogen-bond donors (Lipinski definition) is 3. The summed E-state index contributed by atoms with van der Waals surface area (Å²) in [4.78, 5) is 58.4. The van der Waals surface area contributed by atoms with Crippen molar-refractivity contribution in [3.05, 3.63) is 83.4 Å². The largest absolute Gasteiger partial charge is 0.453 e. The molecule has 4 aromatic heterocycles. The van der Waals surface area contributed by atoms with Gasteiger partial charge in [-0.15, -0.1) is 22.7 Å². The van der Waals surface area contributed by atoms with Crippen LogP contribution in [0.25, 0.3) is 53.9 Å². The number of nitrogens with one attached hydrogen (secondary N) is 3. The Balaban J connectivity index is 0.994. The Kier molecular flexibility index (Phi) is 9.95. The molecule has 2 aromatic carbocycles. The summed E-state index contributed by atoms with van der Waals surface area (Å²) < 4.78 is 12.5. The van der Waals surface area contributed by atoms with Crippen LogP contribution >= 0.6 is 22.7 Å². The fourth-order valence-corrected chi connectivity index (χ4v) is 10.2. The summed E-state index contributed by atoms with van der Waals surface area (Å²) in [6.07, 6.45) is 4.19. The second-order valence-corrected chi connectivity index (χ2v) is 16.3. The van der Waals surface area contributed by atoms with Crippen molar-refractivity contribution in [3.8, 4) is 33.5 Å². The molecule has 8 rings (SSSR count). The van der Waals surface area contributed by atoms with Gasteiger partial charge in [-0.25, -0.2) is 19.6 Å². The molecule has 3 atom stereocenters. The van der Waals surface area contributed by atoms with Gasteiger partial charge in [-0.3, -0.25) is 9.69 Å². The number of rotatable bonds is 9. The lowest BCUT2D eigenvalue weighted by atomic mass is 10.0. The normalized spacial score (nSPS) is 17.7. The molecule has 0 spiro atoms. The van der Waals surface area contributed by atoms with Gasteiger partial charge >= 0.3 is 12.2 Å². The third-order valence-corrected chi connectivity index (χ3v) is 12.7. The van der Waals surface area contributed by atoms with Crippen molar-refractivity contribution in [2.24, 2.45) is 5.92 Å². The maximum Gasteiger partial charge on any atom is 0.415 e. The number of H-pyrrole nitrogens is 2. The zero-order chi connectivity index (χ0) is 38.4. The number of alkyl carbamates (subject to hydrolysis) is 1. The van der Waals surface area contributed by atoms with E-state index in [1.807, 2.05) is 31.0 Å². The lowest BCUT2D eigenvalue weighted by Gasteiger charge is -2.29. The highest BCUT2D eigenvalue weighted by molar-refractivity contribution is 7.27. The van der Waals surface area contributed by atoms with Crippen LogP contribution in [0.4, 0.5) is 9.59 Å². The number of benzene rings is 2. The van der Waals surface area contributed by atoms with E-state index in [9.17, 15) is 14.4 Å². The van der Waals surface area contributed by atoms with Crippen LogP contribution < -0.4 is 5.32 Å². The molecule has 0 unspecified atom stereocenters. The van der Waals surface area contributed by atoms with Gasteiger partial charge in [0.25, 0.3) is 0 Å². The maximum atomic E-state index is 13.7. The van der Waals surface area contributed by atoms with Gasteiger partial charge in [0.1, 0.15) is 17.7 Å². The number of likely N-dealkylation sites (tertiary alicyclic amines) is 2. The molecular weight excluding hydrogens is 735 g/mol. The molecule has 2 aliphatic heterocycles. The predicted molar refractivity (Wildman–Crippen MR) is 216 cm³/mol. The van der Waals surface area contributed by atoms with Crippen LogP contribution in [0.1, 0.15) is 70.2 Å². The third-order valence-electron chi connectivity index (χ3n) is 10.5. The van der Waals surface area contributed by atoms with Crippen LogP contribution in [0.5, 0.6) is 0 Å². The SMILES string of the molecule is C=C(C)OC(=O)N1CCC[C@H]1c1ncc(-c2ccc(-c3csc4c(-c5ccc6nc([C@@H]7CCCN7C(=O)[C@@H](NC(=O)OC)C(C)C)[nH]c6c5)csc34)cc2)[nH]1. The van der Waals surface area contributed by atoms with Crippen LogP contribution in [-0.4, -0.2) is 74.1 Å². The number of thiophene rings is 2. The smallest absolute Gasteiger partial charge is 0.415 e. The van der Waals surface area contributed by atoms with Crippen molar-refractivity contribution in [1.29, 1.82) is 0 Å². The molecule has 2 saturated heterocycles. The molecular formula is C41H43N7O5S2. The first kappa shape index (κ1) is 36.5. The van der Waals surface area contributed by atoms with Gasteiger partial charge in [0.05, 0.1) is 57.3 Å². The first-order chi connectivity index (χ1) is 26.6. The number of hydrogen-bond acceptors (Lipinski definition) is 9. The summed E-state index contributed by atoms with van der Waals surface area (Å²) in [6, 6.07) is 13.8. The van der Waals surface area contributed by atoms with E-state index >= 15 is 0 Å². The quantitative estimate of drug-likeness (QED) is 0.124. The van der Waals surface area contributed by atoms with E-state index in [0.717, 1.165) is 70.7 Å². The fraction of sp³-hybridized carbons (Fsp3) is 0.341. The van der Waals surface area contributed by atoms with Crippen molar-refractivity contribution in [1.82, 2.24) is 35.1 Å². The molecule has 0 radical (unpaired) electrons. The molecule has 14 heteroatoms. The zero-order valence-corrected chi connectivity index (χ0v) is 32.8. The maximum absolute atomic E-state index is 13.7. The summed E-state index contributed by atoms with van der Waals surface area (Å²) >= 11 is 3.49. The van der Waals surface area contributed by atoms with Crippen molar-refractivity contribution >= 4 is 61.2 Å².